The van der Waals surface area contributed by atoms with Crippen LogP contribution >= 0.6 is 0 Å². The van der Waals surface area contributed by atoms with Gasteiger partial charge in [-0.05, 0) is 19.9 Å². The fourth-order valence-corrected chi connectivity index (χ4v) is 0.770. The van der Waals surface area contributed by atoms with Crippen LogP contribution in [0, 0.1) is 0 Å². The number of hydrogen-bond acceptors (Lipinski definition) is 3. The summed E-state index contributed by atoms with van der Waals surface area (Å²) in [5, 5.41) is 8.93. The number of carbonyl (C=O) groups excluding carboxylic acids is 1. The Labute approximate surface area is 58.6 Å². The zero-order chi connectivity index (χ0) is 7.72. The van der Waals surface area contributed by atoms with Crippen LogP contribution in [0.3, 0.4) is 0 Å². The lowest BCUT2D eigenvalue weighted by Crippen LogP contribution is -1.96. The maximum Gasteiger partial charge on any atom is 0.379 e. The van der Waals surface area contributed by atoms with Gasteiger partial charge >= 0.3 is 5.97 Å². The molecule has 1 N–H and O–H groups in total. The molecule has 0 aromatic carbocycles. The first-order chi connectivity index (χ1) is 4.66. The van der Waals surface area contributed by atoms with E-state index in [0.29, 0.717) is 11.3 Å². The number of ether oxygens (including phenoxy) is 1. The fraction of sp³-hybridized carbons (Fsp3) is 0.286. The molecule has 0 fully saturated rings. The van der Waals surface area contributed by atoms with Gasteiger partial charge in [-0.2, -0.15) is 0 Å². The molecule has 1 aliphatic heterocycles. The molecule has 0 radical (unpaired) electrons. The second-order valence-electron chi connectivity index (χ2n) is 2.02. The van der Waals surface area contributed by atoms with Crippen molar-refractivity contribution in [3.05, 3.63) is 23.2 Å². The Kier molecular flexibility index (Phi) is 1.49. The van der Waals surface area contributed by atoms with Gasteiger partial charge in [-0.1, -0.05) is 0 Å². The number of carbonyl (C=O) groups is 1. The molecule has 0 aromatic rings. The highest BCUT2D eigenvalue weighted by Gasteiger charge is 2.25. The van der Waals surface area contributed by atoms with Crippen molar-refractivity contribution in [2.75, 3.05) is 0 Å². The minimum atomic E-state index is -0.661. The van der Waals surface area contributed by atoms with Crippen molar-refractivity contribution < 1.29 is 14.6 Å². The van der Waals surface area contributed by atoms with Crippen LogP contribution in [0.5, 0.6) is 0 Å². The Morgan fingerprint density at radius 1 is 1.60 bits per heavy atom. The number of esters is 1. The molecule has 0 aliphatic carbocycles. The van der Waals surface area contributed by atoms with Gasteiger partial charge in [0.05, 0.1) is 0 Å². The van der Waals surface area contributed by atoms with E-state index in [2.05, 4.69) is 4.74 Å². The number of rotatable bonds is 0. The molecule has 0 atom stereocenters. The first-order valence-corrected chi connectivity index (χ1v) is 2.95. The van der Waals surface area contributed by atoms with Crippen molar-refractivity contribution >= 4 is 5.97 Å². The van der Waals surface area contributed by atoms with Crippen LogP contribution in [-0.4, -0.2) is 11.1 Å². The average Bonchev–Trinajstić information content (AvgIpc) is 2.17. The van der Waals surface area contributed by atoms with Crippen LogP contribution in [-0.2, 0) is 9.53 Å². The summed E-state index contributed by atoms with van der Waals surface area (Å²) in [5.74, 6) is -0.499. The molecular formula is C7H8O3. The second-order valence-corrected chi connectivity index (χ2v) is 2.02. The standard InChI is InChI=1S/C7H8O3/c1-3-5-4(2)6(8)7(9)10-5/h3,8H,1-2H3/b5-3-. The first kappa shape index (κ1) is 6.86. The summed E-state index contributed by atoms with van der Waals surface area (Å²) in [7, 11) is 0. The van der Waals surface area contributed by atoms with Gasteiger partial charge in [-0.3, -0.25) is 0 Å². The number of aliphatic hydroxyl groups excluding tert-OH is 1. The van der Waals surface area contributed by atoms with Gasteiger partial charge in [0.25, 0.3) is 0 Å². The van der Waals surface area contributed by atoms with E-state index in [1.807, 2.05) is 0 Å². The summed E-state index contributed by atoms with van der Waals surface area (Å²) in [4.78, 5) is 10.6. The Hall–Kier alpha value is -1.25. The second kappa shape index (κ2) is 2.17. The van der Waals surface area contributed by atoms with Gasteiger partial charge in [0.1, 0.15) is 5.76 Å². The Bertz CT molecular complexity index is 235. The average molecular weight is 140 g/mol. The molecule has 0 amide bonds. The number of hydrogen-bond donors (Lipinski definition) is 1. The highest BCUT2D eigenvalue weighted by Crippen LogP contribution is 2.22. The molecule has 1 rings (SSSR count). The van der Waals surface area contributed by atoms with Crippen molar-refractivity contribution in [3.8, 4) is 0 Å². The minimum Gasteiger partial charge on any atom is -0.502 e. The minimum absolute atomic E-state index is 0.284. The van der Waals surface area contributed by atoms with Gasteiger partial charge in [-0.15, -0.1) is 0 Å². The van der Waals surface area contributed by atoms with Crippen molar-refractivity contribution in [1.82, 2.24) is 0 Å². The molecule has 0 saturated carbocycles. The van der Waals surface area contributed by atoms with E-state index in [-0.39, 0.29) is 5.76 Å². The topological polar surface area (TPSA) is 46.5 Å². The van der Waals surface area contributed by atoms with Crippen LogP contribution < -0.4 is 0 Å². The maximum atomic E-state index is 10.6. The zero-order valence-electron chi connectivity index (χ0n) is 5.84. The van der Waals surface area contributed by atoms with E-state index in [1.54, 1.807) is 19.9 Å². The van der Waals surface area contributed by atoms with Crippen molar-refractivity contribution in [2.45, 2.75) is 13.8 Å². The fourth-order valence-electron chi connectivity index (χ4n) is 0.770. The van der Waals surface area contributed by atoms with Crippen LogP contribution in [0.1, 0.15) is 13.8 Å². The highest BCUT2D eigenvalue weighted by atomic mass is 16.6. The van der Waals surface area contributed by atoms with Crippen molar-refractivity contribution in [3.63, 3.8) is 0 Å². The molecule has 10 heavy (non-hydrogen) atoms. The summed E-state index contributed by atoms with van der Waals surface area (Å²) < 4.78 is 4.63. The van der Waals surface area contributed by atoms with E-state index in [4.69, 9.17) is 5.11 Å². The zero-order valence-corrected chi connectivity index (χ0v) is 5.84. The lowest BCUT2D eigenvalue weighted by atomic mass is 10.2. The number of cyclic esters (lactones) is 1. The lowest BCUT2D eigenvalue weighted by molar-refractivity contribution is -0.135. The predicted octanol–water partition coefficient (Wildman–Crippen LogP) is 1.28. The van der Waals surface area contributed by atoms with E-state index in [9.17, 15) is 4.79 Å². The highest BCUT2D eigenvalue weighted by molar-refractivity contribution is 5.91. The maximum absolute atomic E-state index is 10.6. The lowest BCUT2D eigenvalue weighted by Gasteiger charge is -1.92. The molecule has 0 unspecified atom stereocenters. The van der Waals surface area contributed by atoms with Gasteiger partial charge < -0.3 is 9.84 Å². The molecule has 3 heteroatoms. The van der Waals surface area contributed by atoms with Gasteiger partial charge in [0, 0.05) is 5.57 Å². The summed E-state index contributed by atoms with van der Waals surface area (Å²) in [6.45, 7) is 3.38. The van der Waals surface area contributed by atoms with Crippen LogP contribution in [0.2, 0.25) is 0 Å². The summed E-state index contributed by atoms with van der Waals surface area (Å²) in [6.07, 6.45) is 1.64. The SMILES string of the molecule is C/C=C1\OC(=O)C(O)=C1C. The van der Waals surface area contributed by atoms with E-state index in [0.717, 1.165) is 0 Å². The summed E-state index contributed by atoms with van der Waals surface area (Å²) in [6, 6.07) is 0. The van der Waals surface area contributed by atoms with Crippen LogP contribution in [0.4, 0.5) is 0 Å². The quantitative estimate of drug-likeness (QED) is 0.515. The molecule has 0 aromatic heterocycles. The van der Waals surface area contributed by atoms with Gasteiger partial charge in [0.15, 0.2) is 0 Å². The Balaban J connectivity index is 3.06. The van der Waals surface area contributed by atoms with Crippen molar-refractivity contribution in [2.24, 2.45) is 0 Å². The van der Waals surface area contributed by atoms with Gasteiger partial charge in [0.2, 0.25) is 5.76 Å². The number of allylic oxidation sites excluding steroid dienone is 2. The van der Waals surface area contributed by atoms with Crippen LogP contribution in [0.25, 0.3) is 0 Å². The molecule has 0 saturated heterocycles. The Morgan fingerprint density at radius 3 is 2.40 bits per heavy atom. The van der Waals surface area contributed by atoms with E-state index in [1.165, 1.54) is 0 Å². The molecule has 54 valence electrons. The third kappa shape index (κ3) is 0.795. The van der Waals surface area contributed by atoms with Crippen molar-refractivity contribution in [1.29, 1.82) is 0 Å². The number of aliphatic hydroxyl groups is 1. The molecule has 1 aliphatic rings. The van der Waals surface area contributed by atoms with Gasteiger partial charge in [-0.25, -0.2) is 4.79 Å². The molecule has 0 bridgehead atoms. The predicted molar refractivity (Wildman–Crippen MR) is 35.2 cm³/mol. The third-order valence-electron chi connectivity index (χ3n) is 1.38. The molecule has 0 spiro atoms. The summed E-state index contributed by atoms with van der Waals surface area (Å²) in [5.41, 5.74) is 0.507. The largest absolute Gasteiger partial charge is 0.502 e. The molecule has 3 nitrogen and oxygen atoms in total. The first-order valence-electron chi connectivity index (χ1n) is 2.95. The van der Waals surface area contributed by atoms with Crippen LogP contribution in [0.15, 0.2) is 23.2 Å². The van der Waals surface area contributed by atoms with E-state index < -0.39 is 5.97 Å². The molecular weight excluding hydrogens is 132 g/mol. The molecule has 1 heterocycles. The normalized spacial score (nSPS) is 22.2. The Morgan fingerprint density at radius 2 is 2.20 bits per heavy atom. The summed E-state index contributed by atoms with van der Waals surface area (Å²) >= 11 is 0. The van der Waals surface area contributed by atoms with E-state index >= 15 is 0 Å². The smallest absolute Gasteiger partial charge is 0.379 e. The third-order valence-corrected chi connectivity index (χ3v) is 1.38. The monoisotopic (exact) mass is 140 g/mol.